The maximum atomic E-state index is 11.5. The van der Waals surface area contributed by atoms with E-state index in [0.717, 1.165) is 23.1 Å². The Hall–Kier alpha value is -1.81. The van der Waals surface area contributed by atoms with Gasteiger partial charge in [0.1, 0.15) is 0 Å². The SMILES string of the molecule is CCNCC(=O)Nc1ccc2[nH]ccc2c1. The highest BCUT2D eigenvalue weighted by molar-refractivity contribution is 5.94. The lowest BCUT2D eigenvalue weighted by atomic mass is 10.2. The maximum Gasteiger partial charge on any atom is 0.238 e. The number of likely N-dealkylation sites (N-methyl/N-ethyl adjacent to an activating group) is 1. The highest BCUT2D eigenvalue weighted by Gasteiger charge is 2.02. The quantitative estimate of drug-likeness (QED) is 0.730. The smallest absolute Gasteiger partial charge is 0.238 e. The largest absolute Gasteiger partial charge is 0.361 e. The first-order valence-electron chi connectivity index (χ1n) is 5.37. The van der Waals surface area contributed by atoms with Gasteiger partial charge in [0, 0.05) is 22.8 Å². The number of aromatic amines is 1. The Balaban J connectivity index is 2.06. The Morgan fingerprint density at radius 3 is 3.06 bits per heavy atom. The number of aromatic nitrogens is 1. The van der Waals surface area contributed by atoms with Crippen molar-refractivity contribution in [3.8, 4) is 0 Å². The zero-order chi connectivity index (χ0) is 11.4. The fourth-order valence-electron chi connectivity index (χ4n) is 1.57. The number of nitrogens with one attached hydrogen (secondary N) is 3. The van der Waals surface area contributed by atoms with Crippen LogP contribution in [0.2, 0.25) is 0 Å². The van der Waals surface area contributed by atoms with Crippen LogP contribution in [0, 0.1) is 0 Å². The molecule has 0 spiro atoms. The zero-order valence-electron chi connectivity index (χ0n) is 9.21. The summed E-state index contributed by atoms with van der Waals surface area (Å²) in [5, 5.41) is 6.92. The van der Waals surface area contributed by atoms with Crippen LogP contribution in [-0.2, 0) is 4.79 Å². The minimum Gasteiger partial charge on any atom is -0.361 e. The summed E-state index contributed by atoms with van der Waals surface area (Å²) in [7, 11) is 0. The third-order valence-corrected chi connectivity index (χ3v) is 2.37. The number of carbonyl (C=O) groups excluding carboxylic acids is 1. The normalized spacial score (nSPS) is 10.6. The van der Waals surface area contributed by atoms with Gasteiger partial charge in [-0.3, -0.25) is 4.79 Å². The van der Waals surface area contributed by atoms with Gasteiger partial charge in [0.2, 0.25) is 5.91 Å². The Labute approximate surface area is 94.0 Å². The number of carbonyl (C=O) groups is 1. The molecule has 0 unspecified atom stereocenters. The summed E-state index contributed by atoms with van der Waals surface area (Å²) in [6.45, 7) is 3.12. The summed E-state index contributed by atoms with van der Waals surface area (Å²) in [6.07, 6.45) is 1.88. The monoisotopic (exact) mass is 217 g/mol. The van der Waals surface area contributed by atoms with E-state index in [1.807, 2.05) is 37.4 Å². The number of fused-ring (bicyclic) bond motifs is 1. The van der Waals surface area contributed by atoms with Crippen molar-refractivity contribution >= 4 is 22.5 Å². The number of hydrogen-bond acceptors (Lipinski definition) is 2. The van der Waals surface area contributed by atoms with E-state index in [2.05, 4.69) is 15.6 Å². The summed E-state index contributed by atoms with van der Waals surface area (Å²) < 4.78 is 0. The first-order valence-corrected chi connectivity index (χ1v) is 5.37. The van der Waals surface area contributed by atoms with E-state index < -0.39 is 0 Å². The molecule has 0 aliphatic rings. The topological polar surface area (TPSA) is 56.9 Å². The van der Waals surface area contributed by atoms with E-state index in [1.165, 1.54) is 0 Å². The first-order chi connectivity index (χ1) is 7.79. The van der Waals surface area contributed by atoms with Crippen LogP contribution in [0.1, 0.15) is 6.92 Å². The molecule has 2 rings (SSSR count). The minimum atomic E-state index is -0.0169. The van der Waals surface area contributed by atoms with E-state index in [9.17, 15) is 4.79 Å². The van der Waals surface area contributed by atoms with Crippen LogP contribution in [0.15, 0.2) is 30.5 Å². The fourth-order valence-corrected chi connectivity index (χ4v) is 1.57. The van der Waals surface area contributed by atoms with Crippen LogP contribution in [0.25, 0.3) is 10.9 Å². The van der Waals surface area contributed by atoms with Crippen LogP contribution in [-0.4, -0.2) is 24.0 Å². The standard InChI is InChI=1S/C12H15N3O/c1-2-13-8-12(16)15-10-3-4-11-9(7-10)5-6-14-11/h3-7,13-14H,2,8H2,1H3,(H,15,16). The fraction of sp³-hybridized carbons (Fsp3) is 0.250. The first kappa shape index (κ1) is 10.7. The molecule has 1 heterocycles. The summed E-state index contributed by atoms with van der Waals surface area (Å²) >= 11 is 0. The van der Waals surface area contributed by atoms with Crippen LogP contribution in [0.4, 0.5) is 5.69 Å². The van der Waals surface area contributed by atoms with E-state index in [4.69, 9.17) is 0 Å². The van der Waals surface area contributed by atoms with Crippen molar-refractivity contribution in [3.05, 3.63) is 30.5 Å². The number of rotatable bonds is 4. The van der Waals surface area contributed by atoms with Crippen molar-refractivity contribution in [1.82, 2.24) is 10.3 Å². The molecule has 0 saturated carbocycles. The highest BCUT2D eigenvalue weighted by atomic mass is 16.1. The third-order valence-electron chi connectivity index (χ3n) is 2.37. The van der Waals surface area contributed by atoms with Crippen molar-refractivity contribution in [1.29, 1.82) is 0 Å². The molecule has 1 amide bonds. The average molecular weight is 217 g/mol. The lowest BCUT2D eigenvalue weighted by Crippen LogP contribution is -2.27. The molecule has 0 radical (unpaired) electrons. The van der Waals surface area contributed by atoms with Gasteiger partial charge in [-0.25, -0.2) is 0 Å². The van der Waals surface area contributed by atoms with Crippen LogP contribution in [0.5, 0.6) is 0 Å². The second-order valence-electron chi connectivity index (χ2n) is 3.61. The van der Waals surface area contributed by atoms with E-state index in [-0.39, 0.29) is 5.91 Å². The molecule has 1 aromatic heterocycles. The predicted molar refractivity (Wildman–Crippen MR) is 65.5 cm³/mol. The van der Waals surface area contributed by atoms with Crippen molar-refractivity contribution in [2.24, 2.45) is 0 Å². The molecule has 1 aromatic carbocycles. The van der Waals surface area contributed by atoms with Gasteiger partial charge in [0.25, 0.3) is 0 Å². The van der Waals surface area contributed by atoms with Gasteiger partial charge >= 0.3 is 0 Å². The van der Waals surface area contributed by atoms with Crippen molar-refractivity contribution in [3.63, 3.8) is 0 Å². The summed E-state index contributed by atoms with van der Waals surface area (Å²) in [5.41, 5.74) is 1.90. The average Bonchev–Trinajstić information content (AvgIpc) is 2.73. The number of amides is 1. The predicted octanol–water partition coefficient (Wildman–Crippen LogP) is 1.72. The van der Waals surface area contributed by atoms with Crippen LogP contribution < -0.4 is 10.6 Å². The molecule has 0 bridgehead atoms. The molecule has 0 aliphatic heterocycles. The molecule has 3 N–H and O–H groups in total. The second kappa shape index (κ2) is 4.81. The molecule has 0 aliphatic carbocycles. The molecule has 4 nitrogen and oxygen atoms in total. The van der Waals surface area contributed by atoms with Crippen molar-refractivity contribution in [2.45, 2.75) is 6.92 Å². The number of benzene rings is 1. The third kappa shape index (κ3) is 2.41. The zero-order valence-corrected chi connectivity index (χ0v) is 9.21. The molecule has 0 saturated heterocycles. The van der Waals surface area contributed by atoms with E-state index in [1.54, 1.807) is 0 Å². The van der Waals surface area contributed by atoms with Gasteiger partial charge < -0.3 is 15.6 Å². The van der Waals surface area contributed by atoms with Gasteiger partial charge in [-0.05, 0) is 30.8 Å². The van der Waals surface area contributed by atoms with Crippen molar-refractivity contribution < 1.29 is 4.79 Å². The number of anilines is 1. The van der Waals surface area contributed by atoms with Crippen LogP contribution >= 0.6 is 0 Å². The molecule has 16 heavy (non-hydrogen) atoms. The Bertz CT molecular complexity index is 490. The lowest BCUT2D eigenvalue weighted by molar-refractivity contribution is -0.115. The summed E-state index contributed by atoms with van der Waals surface area (Å²) in [5.74, 6) is -0.0169. The van der Waals surface area contributed by atoms with Gasteiger partial charge in [-0.2, -0.15) is 0 Å². The van der Waals surface area contributed by atoms with Crippen LogP contribution in [0.3, 0.4) is 0 Å². The number of hydrogen-bond donors (Lipinski definition) is 3. The maximum absolute atomic E-state index is 11.5. The van der Waals surface area contributed by atoms with E-state index >= 15 is 0 Å². The minimum absolute atomic E-state index is 0.0169. The molecular weight excluding hydrogens is 202 g/mol. The molecule has 0 atom stereocenters. The molecule has 0 fully saturated rings. The summed E-state index contributed by atoms with van der Waals surface area (Å²) in [6, 6.07) is 7.78. The van der Waals surface area contributed by atoms with Gasteiger partial charge in [0.15, 0.2) is 0 Å². The lowest BCUT2D eigenvalue weighted by Gasteiger charge is -2.05. The highest BCUT2D eigenvalue weighted by Crippen LogP contribution is 2.17. The number of H-pyrrole nitrogens is 1. The van der Waals surface area contributed by atoms with Gasteiger partial charge in [0.05, 0.1) is 6.54 Å². The Morgan fingerprint density at radius 2 is 2.25 bits per heavy atom. The Morgan fingerprint density at radius 1 is 1.38 bits per heavy atom. The van der Waals surface area contributed by atoms with Gasteiger partial charge in [-0.15, -0.1) is 0 Å². The van der Waals surface area contributed by atoms with E-state index in [0.29, 0.717) is 6.54 Å². The summed E-state index contributed by atoms with van der Waals surface area (Å²) in [4.78, 5) is 14.6. The van der Waals surface area contributed by atoms with Crippen molar-refractivity contribution in [2.75, 3.05) is 18.4 Å². The molecule has 2 aromatic rings. The van der Waals surface area contributed by atoms with Gasteiger partial charge in [-0.1, -0.05) is 6.92 Å². The molecule has 4 heteroatoms. The second-order valence-corrected chi connectivity index (χ2v) is 3.61. The Kier molecular flexibility index (Phi) is 3.22. The molecule has 84 valence electrons. The molecular formula is C12H15N3O.